The molecule has 0 bridgehead atoms. The van der Waals surface area contributed by atoms with Gasteiger partial charge in [0.15, 0.2) is 0 Å². The normalized spacial score (nSPS) is 18.4. The summed E-state index contributed by atoms with van der Waals surface area (Å²) in [5, 5.41) is 0. The Labute approximate surface area is 169 Å². The number of hydrogen-bond donors (Lipinski definition) is 1. The van der Waals surface area contributed by atoms with E-state index in [0.29, 0.717) is 30.6 Å². The zero-order chi connectivity index (χ0) is 20.6. The summed E-state index contributed by atoms with van der Waals surface area (Å²) in [6.45, 7) is 3.74. The number of fused-ring (bicyclic) bond motifs is 2. The quantitative estimate of drug-likeness (QED) is 0.661. The third kappa shape index (κ3) is 4.59. The van der Waals surface area contributed by atoms with Crippen LogP contribution in [0.25, 0.3) is 11.0 Å². The second kappa shape index (κ2) is 7.42. The maximum Gasteiger partial charge on any atom is 0.228 e. The van der Waals surface area contributed by atoms with Crippen molar-refractivity contribution in [2.75, 3.05) is 5.75 Å². The van der Waals surface area contributed by atoms with Crippen LogP contribution in [0.4, 0.5) is 4.39 Å². The molecule has 8 heteroatoms. The smallest absolute Gasteiger partial charge is 0.228 e. The van der Waals surface area contributed by atoms with Gasteiger partial charge in [0.25, 0.3) is 0 Å². The molecule has 3 aromatic rings. The Hall–Kier alpha value is -2.45. The number of benzene rings is 2. The fourth-order valence-electron chi connectivity index (χ4n) is 3.67. The van der Waals surface area contributed by atoms with Gasteiger partial charge in [-0.3, -0.25) is 0 Å². The predicted octanol–water partition coefficient (Wildman–Crippen LogP) is 3.87. The van der Waals surface area contributed by atoms with Gasteiger partial charge in [-0.05, 0) is 50.6 Å². The highest BCUT2D eigenvalue weighted by atomic mass is 32.2. The number of imidazole rings is 1. The van der Waals surface area contributed by atoms with Gasteiger partial charge in [-0.1, -0.05) is 12.1 Å². The van der Waals surface area contributed by atoms with Crippen LogP contribution in [0.1, 0.15) is 44.1 Å². The lowest BCUT2D eigenvalue weighted by Crippen LogP contribution is -2.39. The largest absolute Gasteiger partial charge is 0.487 e. The van der Waals surface area contributed by atoms with Gasteiger partial charge in [-0.15, -0.1) is 4.72 Å². The van der Waals surface area contributed by atoms with E-state index in [1.54, 1.807) is 0 Å². The van der Waals surface area contributed by atoms with Crippen LogP contribution < -0.4 is 9.46 Å². The molecular formula is C21H23FN3O3S. The van der Waals surface area contributed by atoms with Gasteiger partial charge in [0, 0.05) is 18.4 Å². The van der Waals surface area contributed by atoms with E-state index < -0.39 is 27.5 Å². The summed E-state index contributed by atoms with van der Waals surface area (Å²) in [6.07, 6.45) is 1.27. The third-order valence-electron chi connectivity index (χ3n) is 4.94. The van der Waals surface area contributed by atoms with Crippen molar-refractivity contribution >= 4 is 21.1 Å². The average Bonchev–Trinajstić information content (AvgIpc) is 3.04. The molecule has 1 aliphatic heterocycles. The molecule has 0 aliphatic carbocycles. The number of halogens is 1. The van der Waals surface area contributed by atoms with Crippen LogP contribution >= 0.6 is 0 Å². The van der Waals surface area contributed by atoms with Gasteiger partial charge in [-0.25, -0.2) is 17.8 Å². The van der Waals surface area contributed by atoms with Gasteiger partial charge in [0.1, 0.15) is 23.0 Å². The van der Waals surface area contributed by atoms with Gasteiger partial charge >= 0.3 is 0 Å². The number of hydrogen-bond acceptors (Lipinski definition) is 4. The highest BCUT2D eigenvalue weighted by Crippen LogP contribution is 2.40. The molecule has 1 N–H and O–H groups in total. The number of H-pyrrole nitrogens is 1. The molecule has 1 atom stereocenters. The molecule has 0 saturated carbocycles. The van der Waals surface area contributed by atoms with Crippen molar-refractivity contribution < 1.29 is 17.5 Å². The number of nitrogens with one attached hydrogen (secondary N) is 1. The molecule has 153 valence electrons. The van der Waals surface area contributed by atoms with E-state index in [1.165, 1.54) is 18.2 Å². The lowest BCUT2D eigenvalue weighted by molar-refractivity contribution is 0.0694. The first-order valence-electron chi connectivity index (χ1n) is 9.58. The number of nitrogens with zero attached hydrogens (tertiary/aromatic N) is 2. The van der Waals surface area contributed by atoms with E-state index in [9.17, 15) is 12.8 Å². The lowest BCUT2D eigenvalue weighted by atomic mass is 9.90. The number of ether oxygens (including phenoxy) is 1. The Morgan fingerprint density at radius 2 is 2.07 bits per heavy atom. The molecule has 0 fully saturated rings. The number of aryl methyl sites for hydroxylation is 1. The summed E-state index contributed by atoms with van der Waals surface area (Å²) < 4.78 is 49.0. The van der Waals surface area contributed by atoms with E-state index in [4.69, 9.17) is 4.74 Å². The summed E-state index contributed by atoms with van der Waals surface area (Å²) in [5.74, 6) is 0.705. The summed E-state index contributed by atoms with van der Waals surface area (Å²) in [6, 6.07) is 11.2. The Morgan fingerprint density at radius 1 is 1.28 bits per heavy atom. The zero-order valence-corrected chi connectivity index (χ0v) is 17.2. The molecule has 4 rings (SSSR count). The summed E-state index contributed by atoms with van der Waals surface area (Å²) in [7, 11) is -3.68. The minimum atomic E-state index is -3.68. The zero-order valence-electron chi connectivity index (χ0n) is 16.4. The molecule has 1 aromatic heterocycles. The van der Waals surface area contributed by atoms with Crippen LogP contribution in [0.2, 0.25) is 0 Å². The molecule has 2 heterocycles. The second-order valence-corrected chi connectivity index (χ2v) is 9.74. The van der Waals surface area contributed by atoms with Crippen LogP contribution in [-0.4, -0.2) is 29.7 Å². The number of aromatic nitrogens is 2. The Bertz CT molecular complexity index is 1110. The molecule has 0 saturated heterocycles. The highest BCUT2D eigenvalue weighted by Gasteiger charge is 2.37. The van der Waals surface area contributed by atoms with Crippen molar-refractivity contribution in [3.8, 4) is 5.75 Å². The second-order valence-electron chi connectivity index (χ2n) is 7.96. The number of aromatic amines is 1. The van der Waals surface area contributed by atoms with Crippen molar-refractivity contribution in [3.05, 3.63) is 59.7 Å². The Balaban J connectivity index is 1.43. The number of rotatable bonds is 6. The monoisotopic (exact) mass is 416 g/mol. The molecular weight excluding hydrogens is 393 g/mol. The highest BCUT2D eigenvalue weighted by molar-refractivity contribution is 7.89. The van der Waals surface area contributed by atoms with E-state index in [1.807, 2.05) is 38.1 Å². The fourth-order valence-corrected chi connectivity index (χ4v) is 4.86. The van der Waals surface area contributed by atoms with Crippen molar-refractivity contribution in [2.45, 2.75) is 44.8 Å². The summed E-state index contributed by atoms with van der Waals surface area (Å²) in [4.78, 5) is 7.67. The van der Waals surface area contributed by atoms with Crippen LogP contribution in [0.15, 0.2) is 42.5 Å². The van der Waals surface area contributed by atoms with Crippen LogP contribution in [-0.2, 0) is 16.4 Å². The SMILES string of the molecule is CC1(C)CC([N]S(=O)(=O)CCCc2nc3ccccc3[nH]2)c2cc(F)ccc2O1. The first kappa shape index (κ1) is 19.8. The molecule has 6 nitrogen and oxygen atoms in total. The molecule has 1 radical (unpaired) electrons. The average molecular weight is 416 g/mol. The van der Waals surface area contributed by atoms with Crippen molar-refractivity contribution in [1.82, 2.24) is 14.7 Å². The standard InChI is InChI=1S/C21H23FN3O3S/c1-21(2)13-18(15-12-14(22)9-10-19(15)28-21)25-29(26,27)11-5-8-20-23-16-6-3-4-7-17(16)24-20/h3-4,6-7,9-10,12,18H,5,8,11,13H2,1-2H3,(H,23,24). The summed E-state index contributed by atoms with van der Waals surface area (Å²) in [5.41, 5.74) is 1.68. The van der Waals surface area contributed by atoms with Crippen LogP contribution in [0, 0.1) is 5.82 Å². The minimum Gasteiger partial charge on any atom is -0.487 e. The first-order chi connectivity index (χ1) is 13.7. The van der Waals surface area contributed by atoms with E-state index in [0.717, 1.165) is 16.9 Å². The van der Waals surface area contributed by atoms with Crippen molar-refractivity contribution in [2.24, 2.45) is 0 Å². The maximum atomic E-state index is 13.7. The van der Waals surface area contributed by atoms with Gasteiger partial charge in [0.05, 0.1) is 22.8 Å². The first-order valence-corrected chi connectivity index (χ1v) is 11.2. The van der Waals surface area contributed by atoms with Crippen molar-refractivity contribution in [1.29, 1.82) is 0 Å². The lowest BCUT2D eigenvalue weighted by Gasteiger charge is -2.37. The van der Waals surface area contributed by atoms with Gasteiger partial charge in [-0.2, -0.15) is 0 Å². The molecule has 0 spiro atoms. The molecule has 1 unspecified atom stereocenters. The minimum absolute atomic E-state index is 0.0908. The fraction of sp³-hybridized carbons (Fsp3) is 0.381. The van der Waals surface area contributed by atoms with E-state index in [2.05, 4.69) is 14.7 Å². The predicted molar refractivity (Wildman–Crippen MR) is 109 cm³/mol. The van der Waals surface area contributed by atoms with E-state index >= 15 is 0 Å². The third-order valence-corrected chi connectivity index (χ3v) is 6.32. The Kier molecular flexibility index (Phi) is 5.08. The van der Waals surface area contributed by atoms with E-state index in [-0.39, 0.29) is 5.75 Å². The Morgan fingerprint density at radius 3 is 2.86 bits per heavy atom. The molecule has 1 aliphatic rings. The maximum absolute atomic E-state index is 13.7. The van der Waals surface area contributed by atoms with Gasteiger partial charge < -0.3 is 9.72 Å². The van der Waals surface area contributed by atoms with Crippen LogP contribution in [0.3, 0.4) is 0 Å². The number of sulfonamides is 1. The number of para-hydroxylation sites is 2. The van der Waals surface area contributed by atoms with Crippen LogP contribution in [0.5, 0.6) is 5.75 Å². The molecule has 2 aromatic carbocycles. The topological polar surface area (TPSA) is 86.2 Å². The van der Waals surface area contributed by atoms with Crippen molar-refractivity contribution in [3.63, 3.8) is 0 Å². The van der Waals surface area contributed by atoms with Gasteiger partial charge in [0.2, 0.25) is 10.0 Å². The molecule has 0 amide bonds. The summed E-state index contributed by atoms with van der Waals surface area (Å²) >= 11 is 0. The molecule has 29 heavy (non-hydrogen) atoms.